The van der Waals surface area contributed by atoms with E-state index in [2.05, 4.69) is 4.72 Å². The molecule has 0 saturated heterocycles. The molecule has 0 bridgehead atoms. The van der Waals surface area contributed by atoms with E-state index in [1.54, 1.807) is 12.1 Å². The number of nitrogens with one attached hydrogen (secondary N) is 1. The van der Waals surface area contributed by atoms with Crippen LogP contribution in [0.5, 0.6) is 0 Å². The van der Waals surface area contributed by atoms with E-state index >= 15 is 0 Å². The van der Waals surface area contributed by atoms with Crippen LogP contribution in [0, 0.1) is 0 Å². The van der Waals surface area contributed by atoms with Crippen molar-refractivity contribution in [3.05, 3.63) is 35.9 Å². The van der Waals surface area contributed by atoms with Crippen LogP contribution in [0.15, 0.2) is 30.3 Å². The van der Waals surface area contributed by atoms with Gasteiger partial charge in [0, 0.05) is 19.0 Å². The summed E-state index contributed by atoms with van der Waals surface area (Å²) in [6.45, 7) is 1.40. The van der Waals surface area contributed by atoms with Gasteiger partial charge in [-0.1, -0.05) is 30.3 Å². The zero-order valence-corrected chi connectivity index (χ0v) is 11.7. The fourth-order valence-corrected chi connectivity index (χ4v) is 2.70. The molecule has 6 heteroatoms. The lowest BCUT2D eigenvalue weighted by Gasteiger charge is -2.07. The van der Waals surface area contributed by atoms with E-state index in [0.717, 1.165) is 5.56 Å². The molecule has 0 atom stereocenters. The van der Waals surface area contributed by atoms with Crippen LogP contribution in [0.1, 0.15) is 12.0 Å². The van der Waals surface area contributed by atoms with Crippen molar-refractivity contribution in [1.82, 2.24) is 4.72 Å². The van der Waals surface area contributed by atoms with E-state index in [1.165, 1.54) is 0 Å². The van der Waals surface area contributed by atoms with Crippen LogP contribution in [-0.4, -0.2) is 34.1 Å². The second-order valence-corrected chi connectivity index (χ2v) is 5.98. The molecule has 1 aromatic carbocycles. The molecule has 0 aliphatic heterocycles. The lowest BCUT2D eigenvalue weighted by Crippen LogP contribution is -2.26. The number of rotatable bonds is 9. The molecule has 1 rings (SSSR count). The van der Waals surface area contributed by atoms with Crippen LogP contribution >= 0.6 is 11.6 Å². The molecule has 0 amide bonds. The molecule has 0 heterocycles. The van der Waals surface area contributed by atoms with Crippen LogP contribution in [0.25, 0.3) is 0 Å². The second kappa shape index (κ2) is 8.48. The SMILES string of the molecule is O=S(=O)(Cc1ccccc1)NCCCOCCCl. The van der Waals surface area contributed by atoms with Crippen molar-refractivity contribution in [3.63, 3.8) is 0 Å². The molecule has 0 aromatic heterocycles. The molecule has 0 spiro atoms. The molecule has 0 radical (unpaired) electrons. The molecular weight excluding hydrogens is 274 g/mol. The highest BCUT2D eigenvalue weighted by Crippen LogP contribution is 2.03. The van der Waals surface area contributed by atoms with Gasteiger partial charge in [-0.25, -0.2) is 13.1 Å². The van der Waals surface area contributed by atoms with Crippen molar-refractivity contribution >= 4 is 21.6 Å². The number of sulfonamides is 1. The van der Waals surface area contributed by atoms with Crippen molar-refractivity contribution in [1.29, 1.82) is 0 Å². The lowest BCUT2D eigenvalue weighted by molar-refractivity contribution is 0.147. The zero-order valence-electron chi connectivity index (χ0n) is 10.1. The predicted octanol–water partition coefficient (Wildman–Crippen LogP) is 1.75. The summed E-state index contributed by atoms with van der Waals surface area (Å²) in [4.78, 5) is 0. The Balaban J connectivity index is 2.24. The van der Waals surface area contributed by atoms with Gasteiger partial charge in [0.05, 0.1) is 12.4 Å². The van der Waals surface area contributed by atoms with Crippen LogP contribution in [-0.2, 0) is 20.5 Å². The van der Waals surface area contributed by atoms with Gasteiger partial charge in [0.2, 0.25) is 10.0 Å². The Hall–Kier alpha value is -0.620. The number of halogens is 1. The van der Waals surface area contributed by atoms with Crippen LogP contribution in [0.3, 0.4) is 0 Å². The van der Waals surface area contributed by atoms with Gasteiger partial charge in [-0.2, -0.15) is 0 Å². The average Bonchev–Trinajstić information content (AvgIpc) is 2.34. The third kappa shape index (κ3) is 6.96. The van der Waals surface area contributed by atoms with E-state index < -0.39 is 10.0 Å². The van der Waals surface area contributed by atoms with Gasteiger partial charge in [-0.3, -0.25) is 0 Å². The minimum Gasteiger partial charge on any atom is -0.380 e. The number of benzene rings is 1. The van der Waals surface area contributed by atoms with Gasteiger partial charge in [-0.05, 0) is 12.0 Å². The number of hydrogen-bond acceptors (Lipinski definition) is 3. The third-order valence-electron chi connectivity index (χ3n) is 2.21. The first-order valence-electron chi connectivity index (χ1n) is 5.79. The maximum atomic E-state index is 11.7. The van der Waals surface area contributed by atoms with Crippen molar-refractivity contribution in [2.45, 2.75) is 12.2 Å². The largest absolute Gasteiger partial charge is 0.380 e. The maximum absolute atomic E-state index is 11.7. The van der Waals surface area contributed by atoms with Gasteiger partial charge in [0.15, 0.2) is 0 Å². The molecule has 0 fully saturated rings. The van der Waals surface area contributed by atoms with Crippen molar-refractivity contribution < 1.29 is 13.2 Å². The summed E-state index contributed by atoms with van der Waals surface area (Å²) in [6, 6.07) is 9.10. The summed E-state index contributed by atoms with van der Waals surface area (Å²) >= 11 is 5.44. The summed E-state index contributed by atoms with van der Waals surface area (Å²) in [7, 11) is -3.26. The molecule has 1 N–H and O–H groups in total. The quantitative estimate of drug-likeness (QED) is 0.557. The summed E-state index contributed by atoms with van der Waals surface area (Å²) < 4.78 is 31.1. The first-order valence-corrected chi connectivity index (χ1v) is 7.98. The predicted molar refractivity (Wildman–Crippen MR) is 73.2 cm³/mol. The van der Waals surface area contributed by atoms with Gasteiger partial charge in [-0.15, -0.1) is 11.6 Å². The number of alkyl halides is 1. The average molecular weight is 292 g/mol. The fourth-order valence-electron chi connectivity index (χ4n) is 1.40. The molecule has 0 aliphatic rings. The normalized spacial score (nSPS) is 11.6. The fraction of sp³-hybridized carbons (Fsp3) is 0.500. The Morgan fingerprint density at radius 1 is 1.17 bits per heavy atom. The summed E-state index contributed by atoms with van der Waals surface area (Å²) in [5.74, 6) is 0.468. The smallest absolute Gasteiger partial charge is 0.215 e. The summed E-state index contributed by atoms with van der Waals surface area (Å²) in [6.07, 6.45) is 0.644. The summed E-state index contributed by atoms with van der Waals surface area (Å²) in [5.41, 5.74) is 0.781. The first-order chi connectivity index (χ1) is 8.64. The molecule has 0 unspecified atom stereocenters. The third-order valence-corrected chi connectivity index (χ3v) is 3.72. The van der Waals surface area contributed by atoms with Crippen molar-refractivity contribution in [2.75, 3.05) is 25.6 Å². The van der Waals surface area contributed by atoms with Gasteiger partial charge >= 0.3 is 0 Å². The minimum atomic E-state index is -3.26. The van der Waals surface area contributed by atoms with Crippen LogP contribution < -0.4 is 4.72 Å². The highest BCUT2D eigenvalue weighted by Gasteiger charge is 2.09. The number of hydrogen-bond donors (Lipinski definition) is 1. The van der Waals surface area contributed by atoms with Crippen molar-refractivity contribution in [2.24, 2.45) is 0 Å². The number of ether oxygens (including phenoxy) is 1. The molecule has 102 valence electrons. The highest BCUT2D eigenvalue weighted by molar-refractivity contribution is 7.88. The van der Waals surface area contributed by atoms with E-state index in [9.17, 15) is 8.42 Å². The van der Waals surface area contributed by atoms with Crippen LogP contribution in [0.2, 0.25) is 0 Å². The van der Waals surface area contributed by atoms with E-state index in [4.69, 9.17) is 16.3 Å². The Morgan fingerprint density at radius 2 is 1.89 bits per heavy atom. The van der Waals surface area contributed by atoms with E-state index in [0.29, 0.717) is 32.1 Å². The first kappa shape index (κ1) is 15.4. The molecule has 4 nitrogen and oxygen atoms in total. The molecule has 18 heavy (non-hydrogen) atoms. The Bertz CT molecular complexity index is 422. The molecule has 0 aliphatic carbocycles. The van der Waals surface area contributed by atoms with Crippen LogP contribution in [0.4, 0.5) is 0 Å². The molecule has 1 aromatic rings. The highest BCUT2D eigenvalue weighted by atomic mass is 35.5. The maximum Gasteiger partial charge on any atom is 0.215 e. The Labute approximate surface area is 113 Å². The second-order valence-electron chi connectivity index (χ2n) is 3.79. The van der Waals surface area contributed by atoms with Gasteiger partial charge < -0.3 is 4.74 Å². The van der Waals surface area contributed by atoms with Crippen molar-refractivity contribution in [3.8, 4) is 0 Å². The molecule has 0 saturated carbocycles. The van der Waals surface area contributed by atoms with Gasteiger partial charge in [0.1, 0.15) is 0 Å². The zero-order chi connectivity index (χ0) is 13.3. The molecular formula is C12H18ClNO3S. The van der Waals surface area contributed by atoms with E-state index in [-0.39, 0.29) is 5.75 Å². The lowest BCUT2D eigenvalue weighted by atomic mass is 10.2. The van der Waals surface area contributed by atoms with E-state index in [1.807, 2.05) is 18.2 Å². The summed E-state index contributed by atoms with van der Waals surface area (Å²) in [5, 5.41) is 0. The Morgan fingerprint density at radius 3 is 2.56 bits per heavy atom. The minimum absolute atomic E-state index is 0.0103. The van der Waals surface area contributed by atoms with Gasteiger partial charge in [0.25, 0.3) is 0 Å². The standard InChI is InChI=1S/C12H18ClNO3S/c13-7-10-17-9-4-8-14-18(15,16)11-12-5-2-1-3-6-12/h1-3,5-6,14H,4,7-11H2. The monoisotopic (exact) mass is 291 g/mol. The topological polar surface area (TPSA) is 55.4 Å². The Kier molecular flexibility index (Phi) is 7.27.